The second-order valence-corrected chi connectivity index (χ2v) is 7.85. The lowest BCUT2D eigenvalue weighted by atomic mass is 10.0. The number of primary sulfonamides is 1. The number of aryl methyl sites for hydroxylation is 1. The number of hydrogen-bond acceptors (Lipinski definition) is 3. The van der Waals surface area contributed by atoms with Crippen LogP contribution in [0.5, 0.6) is 5.75 Å². The second-order valence-electron chi connectivity index (χ2n) is 6.32. The molecule has 2 rings (SSSR count). The third kappa shape index (κ3) is 3.98. The highest BCUT2D eigenvalue weighted by atomic mass is 32.2. The number of sulfonamides is 1. The molecule has 0 radical (unpaired) electrons. The van der Waals surface area contributed by atoms with Crippen molar-refractivity contribution in [2.45, 2.75) is 57.3 Å². The van der Waals surface area contributed by atoms with Crippen molar-refractivity contribution in [2.24, 2.45) is 11.1 Å². The normalized spacial score (nSPS) is 16.6. The Morgan fingerprint density at radius 1 is 1.29 bits per heavy atom. The van der Waals surface area contributed by atoms with Crippen molar-refractivity contribution >= 4 is 10.0 Å². The third-order valence-electron chi connectivity index (χ3n) is 4.19. The van der Waals surface area contributed by atoms with Crippen LogP contribution < -0.4 is 9.88 Å². The van der Waals surface area contributed by atoms with Gasteiger partial charge in [0.2, 0.25) is 10.0 Å². The van der Waals surface area contributed by atoms with Crippen molar-refractivity contribution in [3.8, 4) is 5.75 Å². The minimum atomic E-state index is -3.70. The van der Waals surface area contributed by atoms with E-state index in [1.54, 1.807) is 6.07 Å². The van der Waals surface area contributed by atoms with E-state index in [1.165, 1.54) is 25.7 Å². The Labute approximate surface area is 127 Å². The van der Waals surface area contributed by atoms with Gasteiger partial charge in [-0.15, -0.1) is 0 Å². The summed E-state index contributed by atoms with van der Waals surface area (Å²) in [5, 5.41) is 5.32. The van der Waals surface area contributed by atoms with E-state index in [0.29, 0.717) is 12.5 Å². The molecule has 2 N–H and O–H groups in total. The third-order valence-corrected chi connectivity index (χ3v) is 5.15. The van der Waals surface area contributed by atoms with E-state index in [2.05, 4.69) is 0 Å². The Morgan fingerprint density at radius 2 is 1.90 bits per heavy atom. The van der Waals surface area contributed by atoms with Crippen molar-refractivity contribution in [2.75, 3.05) is 6.61 Å². The molecular weight excluding hydrogens is 286 g/mol. The van der Waals surface area contributed by atoms with Crippen molar-refractivity contribution in [1.82, 2.24) is 0 Å². The van der Waals surface area contributed by atoms with Crippen LogP contribution in [-0.4, -0.2) is 15.0 Å². The van der Waals surface area contributed by atoms with Gasteiger partial charge in [0, 0.05) is 0 Å². The van der Waals surface area contributed by atoms with Gasteiger partial charge in [-0.3, -0.25) is 0 Å². The zero-order chi connectivity index (χ0) is 15.6. The fourth-order valence-electron chi connectivity index (χ4n) is 2.92. The minimum Gasteiger partial charge on any atom is -0.493 e. The lowest BCUT2D eigenvalue weighted by molar-refractivity contribution is 0.250. The first kappa shape index (κ1) is 16.3. The molecule has 0 unspecified atom stereocenters. The molecule has 0 amide bonds. The maximum Gasteiger partial charge on any atom is 0.238 e. The SMILES string of the molecule is Cc1cc(S(N)(=O)=O)c(C(C)C)cc1OCC1CCCC1. The molecule has 118 valence electrons. The maximum absolute atomic E-state index is 11.7. The molecule has 0 aromatic heterocycles. The van der Waals surface area contributed by atoms with Crippen LogP contribution >= 0.6 is 0 Å². The molecule has 1 fully saturated rings. The zero-order valence-electron chi connectivity index (χ0n) is 13.1. The number of nitrogens with two attached hydrogens (primary N) is 1. The highest BCUT2D eigenvalue weighted by molar-refractivity contribution is 7.89. The van der Waals surface area contributed by atoms with Gasteiger partial charge in [0.05, 0.1) is 11.5 Å². The summed E-state index contributed by atoms with van der Waals surface area (Å²) in [4.78, 5) is 0.211. The van der Waals surface area contributed by atoms with Gasteiger partial charge in [0.15, 0.2) is 0 Å². The monoisotopic (exact) mass is 311 g/mol. The summed E-state index contributed by atoms with van der Waals surface area (Å²) in [6.45, 7) is 6.50. The molecule has 1 aliphatic carbocycles. The topological polar surface area (TPSA) is 69.4 Å². The molecule has 1 aromatic carbocycles. The van der Waals surface area contributed by atoms with E-state index >= 15 is 0 Å². The van der Waals surface area contributed by atoms with Crippen molar-refractivity contribution in [1.29, 1.82) is 0 Å². The lowest BCUT2D eigenvalue weighted by Crippen LogP contribution is -2.16. The molecule has 1 saturated carbocycles. The first-order chi connectivity index (χ1) is 9.79. The van der Waals surface area contributed by atoms with Gasteiger partial charge in [0.1, 0.15) is 5.75 Å². The van der Waals surface area contributed by atoms with Crippen LogP contribution in [0.4, 0.5) is 0 Å². The molecule has 0 spiro atoms. The molecule has 0 atom stereocenters. The van der Waals surface area contributed by atoms with Crippen LogP contribution in [0.15, 0.2) is 17.0 Å². The quantitative estimate of drug-likeness (QED) is 0.906. The van der Waals surface area contributed by atoms with E-state index in [0.717, 1.165) is 16.9 Å². The molecule has 4 nitrogen and oxygen atoms in total. The Balaban J connectivity index is 2.28. The second kappa shape index (κ2) is 6.36. The Morgan fingerprint density at radius 3 is 2.43 bits per heavy atom. The summed E-state index contributed by atoms with van der Waals surface area (Å²) in [6, 6.07) is 3.48. The van der Waals surface area contributed by atoms with Gasteiger partial charge >= 0.3 is 0 Å². The number of hydrogen-bond donors (Lipinski definition) is 1. The predicted molar refractivity (Wildman–Crippen MR) is 84.1 cm³/mol. The summed E-state index contributed by atoms with van der Waals surface area (Å²) in [6.07, 6.45) is 5.03. The van der Waals surface area contributed by atoms with Crippen LogP contribution in [0, 0.1) is 12.8 Å². The number of benzene rings is 1. The van der Waals surface area contributed by atoms with Gasteiger partial charge in [-0.05, 0) is 54.9 Å². The van der Waals surface area contributed by atoms with Crippen LogP contribution in [0.1, 0.15) is 56.6 Å². The lowest BCUT2D eigenvalue weighted by Gasteiger charge is -2.18. The fourth-order valence-corrected chi connectivity index (χ4v) is 3.88. The highest BCUT2D eigenvalue weighted by Crippen LogP contribution is 2.32. The van der Waals surface area contributed by atoms with Gasteiger partial charge < -0.3 is 4.74 Å². The van der Waals surface area contributed by atoms with Crippen LogP contribution in [-0.2, 0) is 10.0 Å². The summed E-state index contributed by atoms with van der Waals surface area (Å²) in [5.74, 6) is 1.48. The molecule has 0 aliphatic heterocycles. The summed E-state index contributed by atoms with van der Waals surface area (Å²) >= 11 is 0. The van der Waals surface area contributed by atoms with Gasteiger partial charge in [-0.1, -0.05) is 26.7 Å². The molecule has 1 aliphatic rings. The number of ether oxygens (including phenoxy) is 1. The van der Waals surface area contributed by atoms with Crippen LogP contribution in [0.25, 0.3) is 0 Å². The average Bonchev–Trinajstić information content (AvgIpc) is 2.88. The Hall–Kier alpha value is -1.07. The van der Waals surface area contributed by atoms with Gasteiger partial charge in [-0.2, -0.15) is 0 Å². The molecule has 0 heterocycles. The van der Waals surface area contributed by atoms with Crippen LogP contribution in [0.3, 0.4) is 0 Å². The first-order valence-corrected chi connectivity index (χ1v) is 9.14. The molecule has 0 saturated heterocycles. The molecule has 1 aromatic rings. The summed E-state index contributed by atoms with van der Waals surface area (Å²) in [7, 11) is -3.70. The van der Waals surface area contributed by atoms with Gasteiger partial charge in [0.25, 0.3) is 0 Å². The van der Waals surface area contributed by atoms with E-state index in [-0.39, 0.29) is 10.8 Å². The Kier molecular flexibility index (Phi) is 4.94. The standard InChI is InChI=1S/C16H25NO3S/c1-11(2)14-9-15(20-10-13-6-4-5-7-13)12(3)8-16(14)21(17,18)19/h8-9,11,13H,4-7,10H2,1-3H3,(H2,17,18,19). The van der Waals surface area contributed by atoms with E-state index in [1.807, 2.05) is 26.8 Å². The van der Waals surface area contributed by atoms with Gasteiger partial charge in [-0.25, -0.2) is 13.6 Å². The van der Waals surface area contributed by atoms with Crippen molar-refractivity contribution in [3.05, 3.63) is 23.3 Å². The molecule has 5 heteroatoms. The average molecular weight is 311 g/mol. The van der Waals surface area contributed by atoms with E-state index in [9.17, 15) is 8.42 Å². The molecule has 21 heavy (non-hydrogen) atoms. The fraction of sp³-hybridized carbons (Fsp3) is 0.625. The smallest absolute Gasteiger partial charge is 0.238 e. The highest BCUT2D eigenvalue weighted by Gasteiger charge is 2.20. The maximum atomic E-state index is 11.7. The summed E-state index contributed by atoms with van der Waals surface area (Å²) < 4.78 is 29.4. The molecular formula is C16H25NO3S. The predicted octanol–water partition coefficient (Wildman–Crippen LogP) is 3.33. The minimum absolute atomic E-state index is 0.0766. The number of rotatable bonds is 5. The first-order valence-electron chi connectivity index (χ1n) is 7.59. The van der Waals surface area contributed by atoms with Crippen molar-refractivity contribution < 1.29 is 13.2 Å². The zero-order valence-corrected chi connectivity index (χ0v) is 13.9. The van der Waals surface area contributed by atoms with Crippen molar-refractivity contribution in [3.63, 3.8) is 0 Å². The van der Waals surface area contributed by atoms with E-state index < -0.39 is 10.0 Å². The molecule has 0 bridgehead atoms. The largest absolute Gasteiger partial charge is 0.493 e. The Bertz CT molecular complexity index is 602. The van der Waals surface area contributed by atoms with E-state index in [4.69, 9.17) is 9.88 Å². The van der Waals surface area contributed by atoms with Crippen LogP contribution in [0.2, 0.25) is 0 Å². The summed E-state index contributed by atoms with van der Waals surface area (Å²) in [5.41, 5.74) is 1.55.